The van der Waals surface area contributed by atoms with Gasteiger partial charge >= 0.3 is 0 Å². The number of nitrogens with zero attached hydrogens (tertiary/aromatic N) is 7. The molecular formula is C28H38N10O. The number of fused-ring (bicyclic) bond motifs is 1. The molecule has 11 heteroatoms. The van der Waals surface area contributed by atoms with Crippen LogP contribution >= 0.6 is 0 Å². The number of ether oxygens (including phenoxy) is 1. The van der Waals surface area contributed by atoms with Gasteiger partial charge in [-0.15, -0.1) is 0 Å². The standard InChI is InChI=1S/C28H38N10O/c1-18-20(16-33-34-18)15-30-23-9-4-19(14-24(23)39-3)26-25-27(29)31-17-32-28(25)38(35-26)22-7-5-21(6-8-22)37-12-10-36(2)11-13-37/h4,9,14,16-17,21-22,30H,5-8,10-13,15H2,1-3H3,(H,33,34)(H2,29,31,32)/t21-,22-. The molecule has 0 spiro atoms. The Morgan fingerprint density at radius 1 is 1.08 bits per heavy atom. The second kappa shape index (κ2) is 10.8. The summed E-state index contributed by atoms with van der Waals surface area (Å²) in [6.07, 6.45) is 7.96. The zero-order valence-corrected chi connectivity index (χ0v) is 23.0. The number of nitrogens with one attached hydrogen (secondary N) is 2. The van der Waals surface area contributed by atoms with Gasteiger partial charge in [0.15, 0.2) is 5.65 Å². The van der Waals surface area contributed by atoms with Crippen LogP contribution in [0.25, 0.3) is 22.3 Å². The normalized spacial score (nSPS) is 20.9. The van der Waals surface area contributed by atoms with Crippen molar-refractivity contribution in [2.24, 2.45) is 0 Å². The molecule has 0 unspecified atom stereocenters. The molecule has 1 saturated heterocycles. The summed E-state index contributed by atoms with van der Waals surface area (Å²) in [4.78, 5) is 14.1. The molecule has 4 aromatic rings. The van der Waals surface area contributed by atoms with E-state index in [4.69, 9.17) is 15.6 Å². The molecule has 39 heavy (non-hydrogen) atoms. The maximum Gasteiger partial charge on any atom is 0.164 e. The summed E-state index contributed by atoms with van der Waals surface area (Å²) in [6.45, 7) is 7.28. The third-order valence-electron chi connectivity index (χ3n) is 8.46. The number of hydrogen-bond donors (Lipinski definition) is 3. The van der Waals surface area contributed by atoms with Crippen molar-refractivity contribution in [1.29, 1.82) is 0 Å². The highest BCUT2D eigenvalue weighted by Gasteiger charge is 2.30. The maximum atomic E-state index is 6.42. The average molecular weight is 531 g/mol. The van der Waals surface area contributed by atoms with Gasteiger partial charge < -0.3 is 20.7 Å². The van der Waals surface area contributed by atoms with E-state index in [1.54, 1.807) is 13.4 Å². The predicted octanol–water partition coefficient (Wildman–Crippen LogP) is 3.46. The average Bonchev–Trinajstić information content (AvgIpc) is 3.56. The largest absolute Gasteiger partial charge is 0.495 e. The number of H-pyrrole nitrogens is 1. The van der Waals surface area contributed by atoms with Gasteiger partial charge in [-0.25, -0.2) is 14.6 Å². The van der Waals surface area contributed by atoms with E-state index >= 15 is 0 Å². The molecule has 1 aliphatic heterocycles. The third kappa shape index (κ3) is 5.04. The Balaban J connectivity index is 1.25. The second-order valence-electron chi connectivity index (χ2n) is 10.8. The lowest BCUT2D eigenvalue weighted by molar-refractivity contribution is 0.0815. The van der Waals surface area contributed by atoms with E-state index in [0.29, 0.717) is 24.4 Å². The number of anilines is 2. The van der Waals surface area contributed by atoms with Crippen molar-refractivity contribution in [2.75, 3.05) is 51.4 Å². The molecule has 0 bridgehead atoms. The zero-order chi connectivity index (χ0) is 26.9. The minimum Gasteiger partial charge on any atom is -0.495 e. The summed E-state index contributed by atoms with van der Waals surface area (Å²) in [5, 5.41) is 16.5. The molecule has 206 valence electrons. The van der Waals surface area contributed by atoms with Gasteiger partial charge in [0.2, 0.25) is 0 Å². The minimum absolute atomic E-state index is 0.292. The number of aromatic nitrogens is 6. The van der Waals surface area contributed by atoms with E-state index in [1.807, 2.05) is 25.3 Å². The number of aryl methyl sites for hydroxylation is 1. The fourth-order valence-corrected chi connectivity index (χ4v) is 6.04. The molecule has 0 amide bonds. The summed E-state index contributed by atoms with van der Waals surface area (Å²) in [7, 11) is 3.89. The summed E-state index contributed by atoms with van der Waals surface area (Å²) < 4.78 is 7.86. The lowest BCUT2D eigenvalue weighted by Gasteiger charge is -2.41. The van der Waals surface area contributed by atoms with Crippen molar-refractivity contribution in [2.45, 2.75) is 51.2 Å². The molecular weight excluding hydrogens is 492 g/mol. The zero-order valence-electron chi connectivity index (χ0n) is 23.0. The predicted molar refractivity (Wildman–Crippen MR) is 153 cm³/mol. The van der Waals surface area contributed by atoms with Crippen LogP contribution in [0.15, 0.2) is 30.7 Å². The third-order valence-corrected chi connectivity index (χ3v) is 8.46. The summed E-state index contributed by atoms with van der Waals surface area (Å²) >= 11 is 0. The van der Waals surface area contributed by atoms with Crippen molar-refractivity contribution in [3.8, 4) is 17.0 Å². The Hall–Kier alpha value is -3.70. The van der Waals surface area contributed by atoms with Crippen LogP contribution in [0.1, 0.15) is 43.0 Å². The first-order valence-corrected chi connectivity index (χ1v) is 13.8. The molecule has 2 aliphatic rings. The monoisotopic (exact) mass is 530 g/mol. The van der Waals surface area contributed by atoms with Crippen molar-refractivity contribution in [3.63, 3.8) is 0 Å². The van der Waals surface area contributed by atoms with Gasteiger partial charge in [-0.1, -0.05) is 6.07 Å². The number of aromatic amines is 1. The lowest BCUT2D eigenvalue weighted by Crippen LogP contribution is -2.49. The van der Waals surface area contributed by atoms with E-state index in [9.17, 15) is 0 Å². The summed E-state index contributed by atoms with van der Waals surface area (Å²) in [5.74, 6) is 1.18. The quantitative estimate of drug-likeness (QED) is 0.329. The Morgan fingerprint density at radius 3 is 2.56 bits per heavy atom. The second-order valence-corrected chi connectivity index (χ2v) is 10.8. The van der Waals surface area contributed by atoms with E-state index in [-0.39, 0.29) is 0 Å². The van der Waals surface area contributed by atoms with E-state index in [0.717, 1.165) is 70.9 Å². The molecule has 1 aromatic carbocycles. The van der Waals surface area contributed by atoms with Crippen molar-refractivity contribution < 1.29 is 4.74 Å². The van der Waals surface area contributed by atoms with Gasteiger partial charge in [-0.05, 0) is 51.8 Å². The van der Waals surface area contributed by atoms with E-state index in [2.05, 4.69) is 53.1 Å². The van der Waals surface area contributed by atoms with Crippen molar-refractivity contribution in [3.05, 3.63) is 42.0 Å². The van der Waals surface area contributed by atoms with Crippen LogP contribution < -0.4 is 15.8 Å². The van der Waals surface area contributed by atoms with Crippen LogP contribution in [0.5, 0.6) is 5.75 Å². The van der Waals surface area contributed by atoms with Gasteiger partial charge in [0.05, 0.1) is 29.9 Å². The Morgan fingerprint density at radius 2 is 1.85 bits per heavy atom. The van der Waals surface area contributed by atoms with E-state index in [1.165, 1.54) is 25.9 Å². The van der Waals surface area contributed by atoms with Crippen molar-refractivity contribution in [1.82, 2.24) is 39.7 Å². The Kier molecular flexibility index (Phi) is 7.09. The molecule has 0 atom stereocenters. The van der Waals surface area contributed by atoms with Crippen LogP contribution in [0.4, 0.5) is 11.5 Å². The smallest absolute Gasteiger partial charge is 0.164 e. The van der Waals surface area contributed by atoms with Crippen molar-refractivity contribution >= 4 is 22.5 Å². The SMILES string of the molecule is COc1cc(-c2nn([C@H]3CC[C@H](N4CCN(C)CC4)CC3)c3ncnc(N)c23)ccc1NCc1c[nH]nc1C. The highest BCUT2D eigenvalue weighted by atomic mass is 16.5. The minimum atomic E-state index is 0.292. The first-order valence-electron chi connectivity index (χ1n) is 13.8. The number of nitrogen functional groups attached to an aromatic ring is 1. The molecule has 4 N–H and O–H groups in total. The maximum absolute atomic E-state index is 6.42. The van der Waals surface area contributed by atoms with Crippen LogP contribution in [0.2, 0.25) is 0 Å². The molecule has 4 heterocycles. The summed E-state index contributed by atoms with van der Waals surface area (Å²) in [6, 6.07) is 7.03. The van der Waals surface area contributed by atoms with Gasteiger partial charge in [-0.3, -0.25) is 10.00 Å². The Bertz CT molecular complexity index is 1430. The number of likely N-dealkylation sites (N-methyl/N-ethyl adjacent to an activating group) is 1. The number of piperazine rings is 1. The number of methoxy groups -OCH3 is 1. The van der Waals surface area contributed by atoms with Gasteiger partial charge in [-0.2, -0.15) is 10.2 Å². The molecule has 0 radical (unpaired) electrons. The highest BCUT2D eigenvalue weighted by Crippen LogP contribution is 2.39. The molecule has 3 aromatic heterocycles. The molecule has 1 aliphatic carbocycles. The van der Waals surface area contributed by atoms with Crippen LogP contribution in [0.3, 0.4) is 0 Å². The number of benzene rings is 1. The van der Waals surface area contributed by atoms with Crippen LogP contribution in [0, 0.1) is 6.92 Å². The summed E-state index contributed by atoms with van der Waals surface area (Å²) in [5.41, 5.74) is 11.9. The fourth-order valence-electron chi connectivity index (χ4n) is 6.04. The molecule has 2 fully saturated rings. The number of nitrogens with two attached hydrogens (primary N) is 1. The lowest BCUT2D eigenvalue weighted by atomic mass is 9.90. The van der Waals surface area contributed by atoms with E-state index < -0.39 is 0 Å². The Labute approximate surface area is 228 Å². The molecule has 6 rings (SSSR count). The number of rotatable bonds is 7. The van der Waals surface area contributed by atoms with Crippen LogP contribution in [-0.4, -0.2) is 86.1 Å². The first-order chi connectivity index (χ1) is 19.0. The number of hydrogen-bond acceptors (Lipinski definition) is 9. The molecule has 11 nitrogen and oxygen atoms in total. The fraction of sp³-hybridized carbons (Fsp3) is 0.500. The van der Waals surface area contributed by atoms with Gasteiger partial charge in [0, 0.05) is 56.1 Å². The highest BCUT2D eigenvalue weighted by molar-refractivity contribution is 5.98. The topological polar surface area (TPSA) is 126 Å². The van der Waals surface area contributed by atoms with Crippen LogP contribution in [-0.2, 0) is 6.54 Å². The molecule has 1 saturated carbocycles. The van der Waals surface area contributed by atoms with Gasteiger partial charge in [0.25, 0.3) is 0 Å². The first kappa shape index (κ1) is 25.6. The van der Waals surface area contributed by atoms with Gasteiger partial charge in [0.1, 0.15) is 23.6 Å².